The Balaban J connectivity index is 3.22. The van der Waals surface area contributed by atoms with E-state index in [1.165, 1.54) is 0 Å². The van der Waals surface area contributed by atoms with E-state index in [1.807, 2.05) is 22.6 Å². The highest BCUT2D eigenvalue weighted by Crippen LogP contribution is 1.76. The maximum absolute atomic E-state index is 7.79. The lowest BCUT2D eigenvalue weighted by Crippen LogP contribution is -2.11. The van der Waals surface area contributed by atoms with Gasteiger partial charge in [-0.1, -0.05) is 27.7 Å². The molecular weight excluding hydrogens is 195 g/mol. The van der Waals surface area contributed by atoms with Crippen LogP contribution in [0.15, 0.2) is 5.16 Å². The highest BCUT2D eigenvalue weighted by molar-refractivity contribution is 14.1. The van der Waals surface area contributed by atoms with Crippen LogP contribution in [0.2, 0.25) is 0 Å². The fourth-order valence-electron chi connectivity index (χ4n) is 0.0267. The lowest BCUT2D eigenvalue weighted by molar-refractivity contribution is 0.318. The van der Waals surface area contributed by atoms with Gasteiger partial charge in [0.1, 0.15) is 5.84 Å². The van der Waals surface area contributed by atoms with Crippen LogP contribution in [0.3, 0.4) is 0 Å². The number of nitrogens with zero attached hydrogens (tertiary/aromatic N) is 1. The van der Waals surface area contributed by atoms with Crippen LogP contribution in [0.5, 0.6) is 0 Å². The summed E-state index contributed by atoms with van der Waals surface area (Å²) in [5, 5.41) is 10.5. The van der Waals surface area contributed by atoms with Gasteiger partial charge in [0.15, 0.2) is 0 Å². The minimum Gasteiger partial charge on any atom is -0.409 e. The van der Waals surface area contributed by atoms with Crippen LogP contribution < -0.4 is 5.73 Å². The van der Waals surface area contributed by atoms with Gasteiger partial charge in [0.05, 0.1) is 4.43 Å². The Labute approximate surface area is 49.3 Å². The van der Waals surface area contributed by atoms with Crippen LogP contribution in [0.25, 0.3) is 0 Å². The zero-order valence-electron chi connectivity index (χ0n) is 3.06. The molecule has 0 aliphatic carbocycles. The monoisotopic (exact) mass is 200 g/mol. The number of alkyl halides is 1. The third kappa shape index (κ3) is 2.25. The number of nitrogens with two attached hydrogens (primary N) is 1. The smallest absolute Gasteiger partial charge is 0.148 e. The van der Waals surface area contributed by atoms with Crippen LogP contribution in [0.4, 0.5) is 0 Å². The maximum Gasteiger partial charge on any atom is 0.148 e. The summed E-state index contributed by atoms with van der Waals surface area (Å²) < 4.78 is 0.578. The Morgan fingerprint density at radius 3 is 2.50 bits per heavy atom. The molecule has 0 aromatic heterocycles. The zero-order valence-corrected chi connectivity index (χ0v) is 5.21. The van der Waals surface area contributed by atoms with Crippen molar-refractivity contribution >= 4 is 28.4 Å². The molecule has 0 fully saturated rings. The van der Waals surface area contributed by atoms with Gasteiger partial charge in [-0.2, -0.15) is 0 Å². The van der Waals surface area contributed by atoms with E-state index in [0.717, 1.165) is 0 Å². The molecule has 3 nitrogen and oxygen atoms in total. The maximum atomic E-state index is 7.79. The first kappa shape index (κ1) is 6.00. The first-order chi connectivity index (χ1) is 2.81. The van der Waals surface area contributed by atoms with E-state index in [2.05, 4.69) is 5.16 Å². The third-order valence-electron chi connectivity index (χ3n) is 0.265. The van der Waals surface area contributed by atoms with Crippen molar-refractivity contribution in [2.75, 3.05) is 4.43 Å². The molecule has 0 aromatic rings. The minimum atomic E-state index is 0.260. The van der Waals surface area contributed by atoms with Crippen LogP contribution in [-0.4, -0.2) is 15.5 Å². The molecule has 0 aliphatic rings. The summed E-state index contributed by atoms with van der Waals surface area (Å²) >= 11 is 2.00. The fourth-order valence-corrected chi connectivity index (χ4v) is 0.179. The van der Waals surface area contributed by atoms with Crippen LogP contribution in [-0.2, 0) is 0 Å². The lowest BCUT2D eigenvalue weighted by atomic mass is 10.7. The molecule has 0 saturated heterocycles. The zero-order chi connectivity index (χ0) is 4.99. The summed E-state index contributed by atoms with van der Waals surface area (Å²) in [7, 11) is 0. The van der Waals surface area contributed by atoms with Crippen molar-refractivity contribution < 1.29 is 5.21 Å². The molecule has 0 atom stereocenters. The molecule has 0 saturated carbocycles. The van der Waals surface area contributed by atoms with Gasteiger partial charge in [-0.3, -0.25) is 0 Å². The largest absolute Gasteiger partial charge is 0.409 e. The van der Waals surface area contributed by atoms with Crippen molar-refractivity contribution in [1.29, 1.82) is 0 Å². The van der Waals surface area contributed by atoms with Crippen LogP contribution in [0.1, 0.15) is 0 Å². The Hall–Kier alpha value is -0.0000000000000000555. The lowest BCUT2D eigenvalue weighted by Gasteiger charge is -1.81. The molecule has 0 bridgehead atoms. The average molecular weight is 200 g/mol. The minimum absolute atomic E-state index is 0.260. The molecule has 0 heterocycles. The second-order valence-corrected chi connectivity index (χ2v) is 1.49. The molecule has 0 aromatic carbocycles. The summed E-state index contributed by atoms with van der Waals surface area (Å²) in [6.45, 7) is 0. The normalized spacial score (nSPS) is 11.8. The van der Waals surface area contributed by atoms with E-state index in [-0.39, 0.29) is 5.84 Å². The number of amidine groups is 1. The van der Waals surface area contributed by atoms with E-state index >= 15 is 0 Å². The van der Waals surface area contributed by atoms with E-state index < -0.39 is 0 Å². The first-order valence-electron chi connectivity index (χ1n) is 1.33. The predicted octanol–water partition coefficient (Wildman–Crippen LogP) is 0.168. The third-order valence-corrected chi connectivity index (χ3v) is 1.05. The van der Waals surface area contributed by atoms with Gasteiger partial charge >= 0.3 is 0 Å². The van der Waals surface area contributed by atoms with Gasteiger partial charge in [-0.25, -0.2) is 0 Å². The number of hydrogen-bond donors (Lipinski definition) is 2. The molecule has 0 aliphatic heterocycles. The summed E-state index contributed by atoms with van der Waals surface area (Å²) in [4.78, 5) is 0. The molecule has 4 heteroatoms. The molecule has 0 rings (SSSR count). The molecule has 0 amide bonds. The fraction of sp³-hybridized carbons (Fsp3) is 0.500. The van der Waals surface area contributed by atoms with E-state index in [1.54, 1.807) is 0 Å². The topological polar surface area (TPSA) is 58.6 Å². The van der Waals surface area contributed by atoms with Gasteiger partial charge < -0.3 is 10.9 Å². The molecule has 0 unspecified atom stereocenters. The van der Waals surface area contributed by atoms with Crippen molar-refractivity contribution in [2.24, 2.45) is 10.9 Å². The van der Waals surface area contributed by atoms with Crippen molar-refractivity contribution in [1.82, 2.24) is 0 Å². The van der Waals surface area contributed by atoms with E-state index in [4.69, 9.17) is 10.9 Å². The SMILES string of the molecule is N/C(CI)=N/O. The molecular formula is C2H5IN2O. The van der Waals surface area contributed by atoms with E-state index in [9.17, 15) is 0 Å². The van der Waals surface area contributed by atoms with Crippen molar-refractivity contribution in [2.45, 2.75) is 0 Å². The molecule has 36 valence electrons. The van der Waals surface area contributed by atoms with Crippen molar-refractivity contribution in [3.05, 3.63) is 0 Å². The van der Waals surface area contributed by atoms with Gasteiger partial charge in [0, 0.05) is 0 Å². The molecule has 0 spiro atoms. The number of oxime groups is 1. The van der Waals surface area contributed by atoms with Crippen LogP contribution in [0, 0.1) is 0 Å². The Kier molecular flexibility index (Phi) is 3.20. The van der Waals surface area contributed by atoms with Crippen molar-refractivity contribution in [3.63, 3.8) is 0 Å². The second-order valence-electron chi connectivity index (χ2n) is 0.725. The van der Waals surface area contributed by atoms with Crippen molar-refractivity contribution in [3.8, 4) is 0 Å². The van der Waals surface area contributed by atoms with E-state index in [0.29, 0.717) is 4.43 Å². The second kappa shape index (κ2) is 3.20. The van der Waals surface area contributed by atoms with Crippen LogP contribution >= 0.6 is 22.6 Å². The summed E-state index contributed by atoms with van der Waals surface area (Å²) in [5.41, 5.74) is 4.96. The first-order valence-corrected chi connectivity index (χ1v) is 2.86. The highest BCUT2D eigenvalue weighted by atomic mass is 127. The highest BCUT2D eigenvalue weighted by Gasteiger charge is 1.80. The Morgan fingerprint density at radius 1 is 2.00 bits per heavy atom. The average Bonchev–Trinajstić information content (AvgIpc) is 1.65. The number of hydrogen-bond acceptors (Lipinski definition) is 2. The standard InChI is InChI=1S/C2H5IN2O/c3-1-2(4)5-6/h6H,1H2,(H2,4,5). The number of halogens is 1. The predicted molar refractivity (Wildman–Crippen MR) is 32.3 cm³/mol. The molecule has 3 N–H and O–H groups in total. The molecule has 0 radical (unpaired) electrons. The van der Waals surface area contributed by atoms with Gasteiger partial charge in [0.25, 0.3) is 0 Å². The summed E-state index contributed by atoms with van der Waals surface area (Å²) in [6.07, 6.45) is 0. The quantitative estimate of drug-likeness (QED) is 0.158. The van der Waals surface area contributed by atoms with Gasteiger partial charge in [0.2, 0.25) is 0 Å². The Bertz CT molecular complexity index is 62.6. The number of rotatable bonds is 1. The molecule has 6 heavy (non-hydrogen) atoms. The van der Waals surface area contributed by atoms with Gasteiger partial charge in [-0.05, 0) is 0 Å². The summed E-state index contributed by atoms with van der Waals surface area (Å²) in [6, 6.07) is 0. The Morgan fingerprint density at radius 2 is 2.50 bits per heavy atom. The van der Waals surface area contributed by atoms with Gasteiger partial charge in [-0.15, -0.1) is 0 Å². The summed E-state index contributed by atoms with van der Waals surface area (Å²) in [5.74, 6) is 0.260.